The number of piperidine rings is 1. The highest BCUT2D eigenvalue weighted by atomic mass is 35.5. The lowest BCUT2D eigenvalue weighted by Crippen LogP contribution is -2.54. The van der Waals surface area contributed by atoms with Gasteiger partial charge in [0.1, 0.15) is 6.04 Å². The van der Waals surface area contributed by atoms with Gasteiger partial charge in [-0.1, -0.05) is 72.3 Å². The number of carbonyl (C=O) groups excluding carboxylic acids is 3. The van der Waals surface area contributed by atoms with E-state index in [4.69, 9.17) is 11.6 Å². The van der Waals surface area contributed by atoms with E-state index in [9.17, 15) is 14.4 Å². The van der Waals surface area contributed by atoms with Gasteiger partial charge in [0.2, 0.25) is 12.3 Å². The zero-order valence-corrected chi connectivity index (χ0v) is 25.1. The fourth-order valence-corrected chi connectivity index (χ4v) is 7.39. The summed E-state index contributed by atoms with van der Waals surface area (Å²) < 4.78 is 0. The molecule has 0 saturated carbocycles. The topological polar surface area (TPSA) is 93.8 Å². The predicted molar refractivity (Wildman–Crippen MR) is 167 cm³/mol. The lowest BCUT2D eigenvalue weighted by molar-refractivity contribution is -0.137. The number of halogens is 1. The first-order valence-corrected chi connectivity index (χ1v) is 15.5. The van der Waals surface area contributed by atoms with Crippen LogP contribution in [0.3, 0.4) is 0 Å². The number of hydrogen-bond donors (Lipinski definition) is 3. The fraction of sp³-hybridized carbons (Fsp3) is 0.382. The minimum Gasteiger partial charge on any atom is -0.347 e. The maximum atomic E-state index is 14.0. The van der Waals surface area contributed by atoms with Crippen molar-refractivity contribution in [3.05, 3.63) is 106 Å². The van der Waals surface area contributed by atoms with Crippen molar-refractivity contribution in [1.29, 1.82) is 0 Å². The molecule has 9 heteroatoms. The Morgan fingerprint density at radius 2 is 1.77 bits per heavy atom. The van der Waals surface area contributed by atoms with E-state index in [-0.39, 0.29) is 35.9 Å². The summed E-state index contributed by atoms with van der Waals surface area (Å²) in [6.45, 7) is 2.58. The minimum atomic E-state index is -0.668. The number of nitrogens with zero attached hydrogens (tertiary/aromatic N) is 2. The standard InChI is InChI=1S/C34H38ClN5O3/c1-39-31(19-37-34(39)43)28-9-5-4-8-26(28)27-15-17-40(20-29(27)32-25-7-3-2-6-23(25)14-16-36-32)33(42)30(38-21-41)18-22-10-12-24(35)13-11-22/h2-13,21,27,29-32,36H,14-20H2,1H3,(H,37,43)(H,38,41)/t27?,29-,30-,31?,32?/m1/s1. The van der Waals surface area contributed by atoms with Crippen LogP contribution in [-0.2, 0) is 22.4 Å². The molecule has 4 amide bonds. The summed E-state index contributed by atoms with van der Waals surface area (Å²) >= 11 is 6.08. The van der Waals surface area contributed by atoms with Gasteiger partial charge in [0.25, 0.3) is 0 Å². The third-order valence-electron chi connectivity index (χ3n) is 9.46. The highest BCUT2D eigenvalue weighted by molar-refractivity contribution is 6.30. The molecule has 3 N–H and O–H groups in total. The first-order chi connectivity index (χ1) is 20.9. The number of urea groups is 1. The lowest BCUT2D eigenvalue weighted by atomic mass is 9.71. The second-order valence-electron chi connectivity index (χ2n) is 11.8. The molecule has 3 aliphatic heterocycles. The molecule has 3 aromatic carbocycles. The minimum absolute atomic E-state index is 0.0452. The van der Waals surface area contributed by atoms with Crippen LogP contribution in [0.1, 0.15) is 52.2 Å². The fourth-order valence-electron chi connectivity index (χ4n) is 7.26. The summed E-state index contributed by atoms with van der Waals surface area (Å²) in [6.07, 6.45) is 2.75. The van der Waals surface area contributed by atoms with E-state index < -0.39 is 6.04 Å². The summed E-state index contributed by atoms with van der Waals surface area (Å²) in [5, 5.41) is 10.2. The molecule has 43 heavy (non-hydrogen) atoms. The summed E-state index contributed by atoms with van der Waals surface area (Å²) in [5.74, 6) is 0.179. The second-order valence-corrected chi connectivity index (χ2v) is 12.3. The Hall–Kier alpha value is -3.88. The highest BCUT2D eigenvalue weighted by Gasteiger charge is 2.42. The van der Waals surface area contributed by atoms with Crippen molar-refractivity contribution in [3.63, 3.8) is 0 Å². The molecule has 0 aliphatic carbocycles. The van der Waals surface area contributed by atoms with Crippen molar-refractivity contribution in [2.45, 2.75) is 43.3 Å². The van der Waals surface area contributed by atoms with Gasteiger partial charge in [-0.05, 0) is 65.3 Å². The van der Waals surface area contributed by atoms with Gasteiger partial charge in [0.15, 0.2) is 0 Å². The van der Waals surface area contributed by atoms with E-state index in [1.54, 1.807) is 17.0 Å². The van der Waals surface area contributed by atoms with E-state index in [0.29, 0.717) is 37.5 Å². The maximum absolute atomic E-state index is 14.0. The SMILES string of the molecule is CN1C(=O)NCC1c1ccccc1C1CCN(C(=O)[C@@H](Cc2ccc(Cl)cc2)NC=O)C[C@H]1C1NCCc2ccccc21. The van der Waals surface area contributed by atoms with Crippen LogP contribution in [0.15, 0.2) is 72.8 Å². The Morgan fingerprint density at radius 3 is 2.49 bits per heavy atom. The summed E-state index contributed by atoms with van der Waals surface area (Å²) in [4.78, 5) is 41.8. The monoisotopic (exact) mass is 599 g/mol. The molecule has 224 valence electrons. The van der Waals surface area contributed by atoms with Crippen molar-refractivity contribution >= 4 is 29.9 Å². The summed E-state index contributed by atoms with van der Waals surface area (Å²) in [7, 11) is 1.85. The van der Waals surface area contributed by atoms with Crippen LogP contribution >= 0.6 is 11.6 Å². The molecule has 8 nitrogen and oxygen atoms in total. The van der Waals surface area contributed by atoms with Crippen LogP contribution in [0.2, 0.25) is 5.02 Å². The Bertz CT molecular complexity index is 1480. The predicted octanol–water partition coefficient (Wildman–Crippen LogP) is 4.21. The van der Waals surface area contributed by atoms with Gasteiger partial charge in [0, 0.05) is 50.1 Å². The Labute approximate surface area is 257 Å². The third-order valence-corrected chi connectivity index (χ3v) is 9.71. The highest BCUT2D eigenvalue weighted by Crippen LogP contribution is 2.45. The number of likely N-dealkylation sites (N-methyl/N-ethyl adjacent to an activating group) is 1. The van der Waals surface area contributed by atoms with E-state index in [0.717, 1.165) is 30.5 Å². The number of fused-ring (bicyclic) bond motifs is 1. The molecule has 2 saturated heterocycles. The summed E-state index contributed by atoms with van der Waals surface area (Å²) in [5.41, 5.74) is 5.96. The number of amides is 4. The average molecular weight is 600 g/mol. The average Bonchev–Trinajstić information content (AvgIpc) is 3.38. The van der Waals surface area contributed by atoms with Crippen LogP contribution in [0, 0.1) is 5.92 Å². The quantitative estimate of drug-likeness (QED) is 0.338. The Morgan fingerprint density at radius 1 is 1.05 bits per heavy atom. The number of carbonyl (C=O) groups is 3. The number of likely N-dealkylation sites (tertiary alicyclic amines) is 1. The van der Waals surface area contributed by atoms with Gasteiger partial charge in [-0.15, -0.1) is 0 Å². The molecule has 3 heterocycles. The largest absolute Gasteiger partial charge is 0.347 e. The molecule has 3 unspecified atom stereocenters. The van der Waals surface area contributed by atoms with Crippen LogP contribution in [-0.4, -0.2) is 67.4 Å². The van der Waals surface area contributed by atoms with E-state index in [1.807, 2.05) is 30.1 Å². The molecular formula is C34H38ClN5O3. The molecule has 3 aromatic rings. The van der Waals surface area contributed by atoms with Gasteiger partial charge in [-0.2, -0.15) is 0 Å². The van der Waals surface area contributed by atoms with Crippen molar-refractivity contribution in [1.82, 2.24) is 25.8 Å². The number of rotatable bonds is 8. The van der Waals surface area contributed by atoms with Crippen LogP contribution < -0.4 is 16.0 Å². The third kappa shape index (κ3) is 5.99. The van der Waals surface area contributed by atoms with E-state index in [1.165, 1.54) is 16.7 Å². The van der Waals surface area contributed by atoms with Crippen molar-refractivity contribution in [2.75, 3.05) is 33.2 Å². The van der Waals surface area contributed by atoms with Gasteiger partial charge >= 0.3 is 6.03 Å². The molecule has 0 radical (unpaired) electrons. The Kier molecular flexibility index (Phi) is 8.68. The normalized spacial score (nSPS) is 24.2. The van der Waals surface area contributed by atoms with Crippen LogP contribution in [0.25, 0.3) is 0 Å². The van der Waals surface area contributed by atoms with Gasteiger partial charge in [-0.3, -0.25) is 9.59 Å². The Balaban J connectivity index is 1.33. The van der Waals surface area contributed by atoms with Crippen molar-refractivity contribution in [2.24, 2.45) is 5.92 Å². The number of hydrogen-bond acceptors (Lipinski definition) is 4. The molecule has 0 bridgehead atoms. The van der Waals surface area contributed by atoms with Crippen LogP contribution in [0.4, 0.5) is 4.79 Å². The van der Waals surface area contributed by atoms with Crippen molar-refractivity contribution < 1.29 is 14.4 Å². The lowest BCUT2D eigenvalue weighted by Gasteiger charge is -2.46. The van der Waals surface area contributed by atoms with E-state index >= 15 is 0 Å². The smallest absolute Gasteiger partial charge is 0.317 e. The van der Waals surface area contributed by atoms with Gasteiger partial charge in [0.05, 0.1) is 6.04 Å². The van der Waals surface area contributed by atoms with Crippen LogP contribution in [0.5, 0.6) is 0 Å². The second kappa shape index (κ2) is 12.8. The molecule has 0 spiro atoms. The molecule has 5 atom stereocenters. The van der Waals surface area contributed by atoms with Gasteiger partial charge < -0.3 is 25.8 Å². The molecule has 0 aromatic heterocycles. The zero-order chi connectivity index (χ0) is 29.9. The van der Waals surface area contributed by atoms with E-state index in [2.05, 4.69) is 58.4 Å². The first kappa shape index (κ1) is 29.2. The molecule has 6 rings (SSSR count). The van der Waals surface area contributed by atoms with Gasteiger partial charge in [-0.25, -0.2) is 4.79 Å². The summed E-state index contributed by atoms with van der Waals surface area (Å²) in [6, 6.07) is 23.7. The number of nitrogens with one attached hydrogen (secondary N) is 3. The first-order valence-electron chi connectivity index (χ1n) is 15.1. The van der Waals surface area contributed by atoms with Crippen molar-refractivity contribution in [3.8, 4) is 0 Å². The number of benzene rings is 3. The molecular weight excluding hydrogens is 562 g/mol. The molecule has 2 fully saturated rings. The maximum Gasteiger partial charge on any atom is 0.317 e. The zero-order valence-electron chi connectivity index (χ0n) is 24.3. The molecule has 3 aliphatic rings.